The van der Waals surface area contributed by atoms with Gasteiger partial charge >= 0.3 is 0 Å². The van der Waals surface area contributed by atoms with Crippen LogP contribution in [0.2, 0.25) is 0 Å². The van der Waals surface area contributed by atoms with Crippen LogP contribution in [0.1, 0.15) is 12.8 Å². The Morgan fingerprint density at radius 1 is 1.29 bits per heavy atom. The van der Waals surface area contributed by atoms with Crippen LogP contribution in [0, 0.1) is 0 Å². The molecule has 84 valence electrons. The maximum Gasteiger partial charge on any atom is 0.151 e. The first kappa shape index (κ1) is 11.9. The number of hydrogen-bond acceptors (Lipinski definition) is 4. The van der Waals surface area contributed by atoms with E-state index in [2.05, 4.69) is 10.2 Å². The van der Waals surface area contributed by atoms with Crippen molar-refractivity contribution in [3.8, 4) is 0 Å². The molecular formula is C9H20N2O2S. The van der Waals surface area contributed by atoms with Gasteiger partial charge in [0.15, 0.2) is 9.84 Å². The quantitative estimate of drug-likeness (QED) is 0.662. The first-order valence-corrected chi connectivity index (χ1v) is 7.03. The standard InChI is InChI=1S/C9H20N2O2S/c1-10-4-2-5-11-6-3-8-14(12,13)9-7-11/h10H,2-9H2,1H3. The zero-order valence-corrected chi connectivity index (χ0v) is 9.65. The molecule has 0 aliphatic carbocycles. The van der Waals surface area contributed by atoms with Gasteiger partial charge < -0.3 is 10.2 Å². The van der Waals surface area contributed by atoms with Crippen LogP contribution in [0.3, 0.4) is 0 Å². The van der Waals surface area contributed by atoms with E-state index in [4.69, 9.17) is 0 Å². The summed E-state index contributed by atoms with van der Waals surface area (Å²) >= 11 is 0. The van der Waals surface area contributed by atoms with Crippen molar-refractivity contribution in [2.24, 2.45) is 0 Å². The fourth-order valence-electron chi connectivity index (χ4n) is 1.69. The highest BCUT2D eigenvalue weighted by atomic mass is 32.2. The molecule has 0 bridgehead atoms. The molecule has 14 heavy (non-hydrogen) atoms. The lowest BCUT2D eigenvalue weighted by atomic mass is 10.3. The van der Waals surface area contributed by atoms with Gasteiger partial charge in [-0.25, -0.2) is 8.42 Å². The molecule has 0 atom stereocenters. The van der Waals surface area contributed by atoms with Crippen molar-refractivity contribution in [3.05, 3.63) is 0 Å². The van der Waals surface area contributed by atoms with Gasteiger partial charge in [-0.3, -0.25) is 0 Å². The molecule has 0 spiro atoms. The molecule has 0 aromatic carbocycles. The summed E-state index contributed by atoms with van der Waals surface area (Å²) in [7, 11) is -0.803. The molecule has 0 saturated carbocycles. The summed E-state index contributed by atoms with van der Waals surface area (Å²) in [5.41, 5.74) is 0. The highest BCUT2D eigenvalue weighted by Gasteiger charge is 2.18. The minimum absolute atomic E-state index is 0.340. The predicted octanol–water partition coefficient (Wildman–Crippen LogP) is -0.284. The van der Waals surface area contributed by atoms with Crippen molar-refractivity contribution in [2.45, 2.75) is 12.8 Å². The summed E-state index contributed by atoms with van der Waals surface area (Å²) in [6.07, 6.45) is 1.89. The zero-order valence-electron chi connectivity index (χ0n) is 8.83. The van der Waals surface area contributed by atoms with Gasteiger partial charge in [0.25, 0.3) is 0 Å². The summed E-state index contributed by atoms with van der Waals surface area (Å²) in [6, 6.07) is 0. The smallest absolute Gasteiger partial charge is 0.151 e. The van der Waals surface area contributed by atoms with E-state index in [1.165, 1.54) is 0 Å². The van der Waals surface area contributed by atoms with Gasteiger partial charge in [-0.2, -0.15) is 0 Å². The third-order valence-corrected chi connectivity index (χ3v) is 4.26. The van der Waals surface area contributed by atoms with Crippen LogP contribution in [0.25, 0.3) is 0 Å². The Labute approximate surface area is 86.6 Å². The van der Waals surface area contributed by atoms with Gasteiger partial charge in [-0.1, -0.05) is 0 Å². The Bertz CT molecular complexity index is 252. The maximum absolute atomic E-state index is 11.3. The lowest BCUT2D eigenvalue weighted by Crippen LogP contribution is -2.29. The molecule has 0 aromatic rings. The molecule has 0 unspecified atom stereocenters. The molecule has 1 fully saturated rings. The van der Waals surface area contributed by atoms with Gasteiger partial charge in [-0.15, -0.1) is 0 Å². The van der Waals surface area contributed by atoms with Crippen molar-refractivity contribution in [1.29, 1.82) is 0 Å². The van der Waals surface area contributed by atoms with Crippen LogP contribution in [0.4, 0.5) is 0 Å². The molecule has 1 rings (SSSR count). The fourth-order valence-corrected chi connectivity index (χ4v) is 3.00. The van der Waals surface area contributed by atoms with Gasteiger partial charge in [0.2, 0.25) is 0 Å². The first-order valence-electron chi connectivity index (χ1n) is 5.21. The first-order chi connectivity index (χ1) is 6.64. The van der Waals surface area contributed by atoms with E-state index >= 15 is 0 Å². The summed E-state index contributed by atoms with van der Waals surface area (Å²) in [4.78, 5) is 2.25. The second-order valence-electron chi connectivity index (χ2n) is 3.80. The number of nitrogens with zero attached hydrogens (tertiary/aromatic N) is 1. The maximum atomic E-state index is 11.3. The number of hydrogen-bond donors (Lipinski definition) is 1. The minimum atomic E-state index is -2.74. The summed E-state index contributed by atoms with van der Waals surface area (Å²) in [5.74, 6) is 0.710. The van der Waals surface area contributed by atoms with Gasteiger partial charge in [0.1, 0.15) is 0 Å². The second kappa shape index (κ2) is 5.68. The van der Waals surface area contributed by atoms with Crippen molar-refractivity contribution >= 4 is 9.84 Å². The monoisotopic (exact) mass is 220 g/mol. The Morgan fingerprint density at radius 3 is 2.79 bits per heavy atom. The van der Waals surface area contributed by atoms with Gasteiger partial charge in [0.05, 0.1) is 11.5 Å². The lowest BCUT2D eigenvalue weighted by molar-refractivity contribution is 0.291. The van der Waals surface area contributed by atoms with E-state index in [1.807, 2.05) is 7.05 Å². The van der Waals surface area contributed by atoms with Crippen LogP contribution >= 0.6 is 0 Å². The third-order valence-electron chi connectivity index (χ3n) is 2.55. The second-order valence-corrected chi connectivity index (χ2v) is 6.11. The highest BCUT2D eigenvalue weighted by molar-refractivity contribution is 7.91. The van der Waals surface area contributed by atoms with Crippen molar-refractivity contribution in [3.63, 3.8) is 0 Å². The summed E-state index contributed by atoms with van der Waals surface area (Å²) in [6.45, 7) is 3.66. The lowest BCUT2D eigenvalue weighted by Gasteiger charge is -2.18. The van der Waals surface area contributed by atoms with E-state index in [0.29, 0.717) is 18.1 Å². The van der Waals surface area contributed by atoms with Crippen LogP contribution in [0.15, 0.2) is 0 Å². The Morgan fingerprint density at radius 2 is 2.07 bits per heavy atom. The van der Waals surface area contributed by atoms with Gasteiger partial charge in [-0.05, 0) is 39.5 Å². The molecule has 5 heteroatoms. The minimum Gasteiger partial charge on any atom is -0.320 e. The Hall–Kier alpha value is -0.130. The Balaban J connectivity index is 2.28. The van der Waals surface area contributed by atoms with Crippen LogP contribution in [-0.2, 0) is 9.84 Å². The molecule has 1 aliphatic heterocycles. The Kier molecular flexibility index (Phi) is 4.84. The molecule has 1 N–H and O–H groups in total. The number of nitrogens with one attached hydrogen (secondary N) is 1. The third kappa shape index (κ3) is 4.39. The van der Waals surface area contributed by atoms with Crippen molar-refractivity contribution in [2.75, 3.05) is 44.7 Å². The average Bonchev–Trinajstić information content (AvgIpc) is 2.28. The zero-order chi connectivity index (χ0) is 10.4. The van der Waals surface area contributed by atoms with Gasteiger partial charge in [0, 0.05) is 6.54 Å². The predicted molar refractivity (Wildman–Crippen MR) is 58.3 cm³/mol. The molecule has 1 saturated heterocycles. The van der Waals surface area contributed by atoms with E-state index < -0.39 is 9.84 Å². The molecule has 0 aromatic heterocycles. The molecule has 0 amide bonds. The molecule has 1 heterocycles. The van der Waals surface area contributed by atoms with E-state index in [-0.39, 0.29) is 0 Å². The summed E-state index contributed by atoms with van der Waals surface area (Å²) in [5, 5.41) is 3.09. The van der Waals surface area contributed by atoms with E-state index in [0.717, 1.165) is 32.5 Å². The topological polar surface area (TPSA) is 49.4 Å². The largest absolute Gasteiger partial charge is 0.320 e. The average molecular weight is 220 g/mol. The SMILES string of the molecule is CNCCCN1CCCS(=O)(=O)CC1. The molecule has 4 nitrogen and oxygen atoms in total. The molecule has 0 radical (unpaired) electrons. The highest BCUT2D eigenvalue weighted by Crippen LogP contribution is 2.04. The normalized spacial score (nSPS) is 23.2. The summed E-state index contributed by atoms with van der Waals surface area (Å²) < 4.78 is 22.6. The van der Waals surface area contributed by atoms with Crippen LogP contribution in [0.5, 0.6) is 0 Å². The van der Waals surface area contributed by atoms with Crippen LogP contribution < -0.4 is 5.32 Å². The number of sulfone groups is 1. The van der Waals surface area contributed by atoms with Crippen molar-refractivity contribution < 1.29 is 8.42 Å². The van der Waals surface area contributed by atoms with Crippen molar-refractivity contribution in [1.82, 2.24) is 10.2 Å². The number of rotatable bonds is 4. The van der Waals surface area contributed by atoms with Crippen LogP contribution in [-0.4, -0.2) is 58.1 Å². The molecular weight excluding hydrogens is 200 g/mol. The fraction of sp³-hybridized carbons (Fsp3) is 1.00. The van der Waals surface area contributed by atoms with E-state index in [1.54, 1.807) is 0 Å². The molecule has 1 aliphatic rings. The van der Waals surface area contributed by atoms with E-state index in [9.17, 15) is 8.42 Å².